The van der Waals surface area contributed by atoms with Crippen molar-refractivity contribution in [3.05, 3.63) is 0 Å². The van der Waals surface area contributed by atoms with Crippen molar-refractivity contribution in [2.45, 2.75) is 25.9 Å². The van der Waals surface area contributed by atoms with Crippen LogP contribution in [0, 0.1) is 5.92 Å². The smallest absolute Gasteiger partial charge is 0.0347 e. The monoisotopic (exact) mass is 157 g/mol. The van der Waals surface area contributed by atoms with Crippen molar-refractivity contribution in [3.63, 3.8) is 0 Å². The Kier molecular flexibility index (Phi) is 3.30. The van der Waals surface area contributed by atoms with Crippen molar-refractivity contribution in [1.29, 1.82) is 0 Å². The largest absolute Gasteiger partial charge is 0.326 e. The van der Waals surface area contributed by atoms with E-state index in [1.54, 1.807) is 0 Å². The molecule has 3 heteroatoms. The summed E-state index contributed by atoms with van der Waals surface area (Å²) in [6.45, 7) is 7.47. The van der Waals surface area contributed by atoms with Crippen LogP contribution in [0.15, 0.2) is 0 Å². The van der Waals surface area contributed by atoms with Crippen molar-refractivity contribution in [3.8, 4) is 0 Å². The molecule has 1 saturated heterocycles. The highest BCUT2D eigenvalue weighted by Gasteiger charge is 2.21. The normalized spacial score (nSPS) is 28.9. The van der Waals surface area contributed by atoms with Gasteiger partial charge in [-0.1, -0.05) is 13.8 Å². The van der Waals surface area contributed by atoms with Crippen LogP contribution in [0.2, 0.25) is 0 Å². The van der Waals surface area contributed by atoms with Gasteiger partial charge in [-0.05, 0) is 5.92 Å². The Bertz CT molecular complexity index is 108. The van der Waals surface area contributed by atoms with E-state index in [9.17, 15) is 0 Å². The van der Waals surface area contributed by atoms with Gasteiger partial charge in [0, 0.05) is 31.7 Å². The zero-order valence-electron chi connectivity index (χ0n) is 7.43. The van der Waals surface area contributed by atoms with Crippen LogP contribution >= 0.6 is 0 Å². The standard InChI is InChI=1S/C8H19N3/c1-6(2)8(9)7-5-10-3-4-11-7/h6-8,10-11H,3-5,9H2,1-2H3. The van der Waals surface area contributed by atoms with Crippen LogP contribution in [-0.4, -0.2) is 31.7 Å². The van der Waals surface area contributed by atoms with Gasteiger partial charge < -0.3 is 16.4 Å². The van der Waals surface area contributed by atoms with Gasteiger partial charge in [0.15, 0.2) is 0 Å². The summed E-state index contributed by atoms with van der Waals surface area (Å²) >= 11 is 0. The first kappa shape index (κ1) is 8.97. The lowest BCUT2D eigenvalue weighted by atomic mass is 9.96. The lowest BCUT2D eigenvalue weighted by Gasteiger charge is -2.31. The van der Waals surface area contributed by atoms with Crippen LogP contribution < -0.4 is 16.4 Å². The van der Waals surface area contributed by atoms with Gasteiger partial charge >= 0.3 is 0 Å². The molecular weight excluding hydrogens is 138 g/mol. The predicted octanol–water partition coefficient (Wildman–Crippen LogP) is -0.469. The van der Waals surface area contributed by atoms with E-state index in [1.165, 1.54) is 0 Å². The van der Waals surface area contributed by atoms with Gasteiger partial charge in [-0.3, -0.25) is 0 Å². The molecule has 2 unspecified atom stereocenters. The topological polar surface area (TPSA) is 50.1 Å². The Labute approximate surface area is 68.7 Å². The fourth-order valence-electron chi connectivity index (χ4n) is 1.41. The average Bonchev–Trinajstić information content (AvgIpc) is 2.05. The molecule has 66 valence electrons. The zero-order valence-corrected chi connectivity index (χ0v) is 7.43. The molecule has 0 aromatic heterocycles. The maximum absolute atomic E-state index is 5.99. The van der Waals surface area contributed by atoms with E-state index in [1.807, 2.05) is 0 Å². The predicted molar refractivity (Wildman–Crippen MR) is 47.5 cm³/mol. The van der Waals surface area contributed by atoms with E-state index in [2.05, 4.69) is 24.5 Å². The van der Waals surface area contributed by atoms with E-state index in [4.69, 9.17) is 5.73 Å². The molecular formula is C8H19N3. The molecule has 3 nitrogen and oxygen atoms in total. The van der Waals surface area contributed by atoms with Crippen LogP contribution in [-0.2, 0) is 0 Å². The van der Waals surface area contributed by atoms with Crippen molar-refractivity contribution in [2.24, 2.45) is 11.7 Å². The summed E-state index contributed by atoms with van der Waals surface area (Å²) < 4.78 is 0. The first-order chi connectivity index (χ1) is 5.22. The molecule has 1 rings (SSSR count). The second-order valence-electron chi connectivity index (χ2n) is 3.59. The molecule has 0 amide bonds. The average molecular weight is 157 g/mol. The lowest BCUT2D eigenvalue weighted by molar-refractivity contribution is 0.317. The molecule has 1 aliphatic rings. The van der Waals surface area contributed by atoms with Crippen molar-refractivity contribution in [2.75, 3.05) is 19.6 Å². The van der Waals surface area contributed by atoms with Gasteiger partial charge in [-0.2, -0.15) is 0 Å². The molecule has 0 aromatic carbocycles. The Morgan fingerprint density at radius 1 is 1.36 bits per heavy atom. The number of nitrogens with one attached hydrogen (secondary N) is 2. The van der Waals surface area contributed by atoms with Crippen molar-refractivity contribution in [1.82, 2.24) is 10.6 Å². The first-order valence-electron chi connectivity index (χ1n) is 4.41. The van der Waals surface area contributed by atoms with Gasteiger partial charge in [0.1, 0.15) is 0 Å². The summed E-state index contributed by atoms with van der Waals surface area (Å²) in [6.07, 6.45) is 0. The second-order valence-corrected chi connectivity index (χ2v) is 3.59. The van der Waals surface area contributed by atoms with E-state index in [0.29, 0.717) is 12.0 Å². The zero-order chi connectivity index (χ0) is 8.27. The minimum absolute atomic E-state index is 0.280. The van der Waals surface area contributed by atoms with Crippen molar-refractivity contribution < 1.29 is 0 Å². The fraction of sp³-hybridized carbons (Fsp3) is 1.00. The Balaban J connectivity index is 2.32. The maximum atomic E-state index is 5.99. The van der Waals surface area contributed by atoms with Crippen LogP contribution in [0.4, 0.5) is 0 Å². The highest BCUT2D eigenvalue weighted by atomic mass is 15.1. The lowest BCUT2D eigenvalue weighted by Crippen LogP contribution is -2.58. The summed E-state index contributed by atoms with van der Waals surface area (Å²) in [5, 5.41) is 6.74. The van der Waals surface area contributed by atoms with Gasteiger partial charge in [-0.15, -0.1) is 0 Å². The molecule has 1 aliphatic heterocycles. The summed E-state index contributed by atoms with van der Waals surface area (Å²) in [4.78, 5) is 0. The van der Waals surface area contributed by atoms with Gasteiger partial charge in [-0.25, -0.2) is 0 Å². The van der Waals surface area contributed by atoms with E-state index < -0.39 is 0 Å². The Morgan fingerprint density at radius 3 is 2.55 bits per heavy atom. The van der Waals surface area contributed by atoms with Gasteiger partial charge in [0.2, 0.25) is 0 Å². The second kappa shape index (κ2) is 4.04. The number of piperazine rings is 1. The molecule has 0 aromatic rings. The molecule has 4 N–H and O–H groups in total. The Hall–Kier alpha value is -0.120. The van der Waals surface area contributed by atoms with Gasteiger partial charge in [0.05, 0.1) is 0 Å². The van der Waals surface area contributed by atoms with E-state index >= 15 is 0 Å². The summed E-state index contributed by atoms with van der Waals surface area (Å²) in [5.41, 5.74) is 5.99. The van der Waals surface area contributed by atoms with E-state index in [0.717, 1.165) is 19.6 Å². The summed E-state index contributed by atoms with van der Waals surface area (Å²) in [5.74, 6) is 0.562. The SMILES string of the molecule is CC(C)C(N)C1CNCCN1. The first-order valence-corrected chi connectivity index (χ1v) is 4.41. The van der Waals surface area contributed by atoms with Crippen LogP contribution in [0.1, 0.15) is 13.8 Å². The third-order valence-corrected chi connectivity index (χ3v) is 2.31. The summed E-state index contributed by atoms with van der Waals surface area (Å²) in [6, 6.07) is 0.742. The molecule has 0 bridgehead atoms. The number of nitrogens with two attached hydrogens (primary N) is 1. The molecule has 0 spiro atoms. The third-order valence-electron chi connectivity index (χ3n) is 2.31. The van der Waals surface area contributed by atoms with Crippen LogP contribution in [0.3, 0.4) is 0 Å². The van der Waals surface area contributed by atoms with E-state index in [-0.39, 0.29) is 6.04 Å². The quantitative estimate of drug-likeness (QED) is 0.508. The molecule has 1 fully saturated rings. The van der Waals surface area contributed by atoms with Gasteiger partial charge in [0.25, 0.3) is 0 Å². The minimum atomic E-state index is 0.280. The Morgan fingerprint density at radius 2 is 2.09 bits per heavy atom. The third kappa shape index (κ3) is 2.43. The minimum Gasteiger partial charge on any atom is -0.326 e. The number of hydrogen-bond acceptors (Lipinski definition) is 3. The summed E-state index contributed by atoms with van der Waals surface area (Å²) in [7, 11) is 0. The molecule has 11 heavy (non-hydrogen) atoms. The fourth-order valence-corrected chi connectivity index (χ4v) is 1.41. The van der Waals surface area contributed by atoms with Crippen LogP contribution in [0.25, 0.3) is 0 Å². The molecule has 1 heterocycles. The number of rotatable bonds is 2. The highest BCUT2D eigenvalue weighted by molar-refractivity contribution is 4.86. The molecule has 2 atom stereocenters. The van der Waals surface area contributed by atoms with Crippen molar-refractivity contribution >= 4 is 0 Å². The van der Waals surface area contributed by atoms with Crippen LogP contribution in [0.5, 0.6) is 0 Å². The number of hydrogen-bond donors (Lipinski definition) is 3. The molecule has 0 aliphatic carbocycles. The molecule has 0 radical (unpaired) electrons. The maximum Gasteiger partial charge on any atom is 0.0347 e. The highest BCUT2D eigenvalue weighted by Crippen LogP contribution is 2.04. The molecule has 0 saturated carbocycles.